The van der Waals surface area contributed by atoms with Crippen LogP contribution in [-0.2, 0) is 4.79 Å². The van der Waals surface area contributed by atoms with Crippen molar-refractivity contribution in [2.45, 2.75) is 13.8 Å². The maximum absolute atomic E-state index is 12.6. The molecule has 0 aliphatic carbocycles. The lowest BCUT2D eigenvalue weighted by molar-refractivity contribution is -0.135. The zero-order valence-electron chi connectivity index (χ0n) is 12.8. The molecule has 6 heteroatoms. The predicted octanol–water partition coefficient (Wildman–Crippen LogP) is 2.24. The summed E-state index contributed by atoms with van der Waals surface area (Å²) in [5.41, 5.74) is 0.865. The fourth-order valence-corrected chi connectivity index (χ4v) is 3.53. The fraction of sp³-hybridized carbons (Fsp3) is 0.438. The van der Waals surface area contributed by atoms with Crippen molar-refractivity contribution in [2.75, 3.05) is 26.2 Å². The molecule has 1 saturated heterocycles. The average Bonchev–Trinajstić information content (AvgIpc) is 2.97. The molecule has 0 atom stereocenters. The van der Waals surface area contributed by atoms with Crippen LogP contribution in [0.3, 0.4) is 0 Å². The lowest BCUT2D eigenvalue weighted by Gasteiger charge is -2.35. The first-order valence-corrected chi connectivity index (χ1v) is 8.31. The number of fused-ring (bicyclic) bond motifs is 1. The molecule has 1 aliphatic rings. The van der Waals surface area contributed by atoms with Crippen LogP contribution in [0.4, 0.5) is 0 Å². The number of hydrogen-bond acceptors (Lipinski definition) is 4. The molecule has 5 nitrogen and oxygen atoms in total. The van der Waals surface area contributed by atoms with Crippen LogP contribution in [0.15, 0.2) is 24.3 Å². The summed E-state index contributed by atoms with van der Waals surface area (Å²) in [7, 11) is 0. The van der Waals surface area contributed by atoms with Crippen LogP contribution in [0.25, 0.3) is 10.2 Å². The third-order valence-corrected chi connectivity index (χ3v) is 4.87. The number of para-hydroxylation sites is 1. The number of carbonyl (C=O) groups excluding carboxylic acids is 2. The number of nitrogens with zero attached hydrogens (tertiary/aromatic N) is 3. The molecule has 3 rings (SSSR count). The Bertz CT molecular complexity index is 669. The van der Waals surface area contributed by atoms with E-state index < -0.39 is 0 Å². The van der Waals surface area contributed by atoms with Gasteiger partial charge in [-0.1, -0.05) is 26.0 Å². The molecular weight excluding hydrogens is 298 g/mol. The Morgan fingerprint density at radius 1 is 1.09 bits per heavy atom. The van der Waals surface area contributed by atoms with E-state index in [0.717, 1.165) is 10.2 Å². The summed E-state index contributed by atoms with van der Waals surface area (Å²) in [5.74, 6) is 0.136. The molecule has 116 valence electrons. The van der Waals surface area contributed by atoms with Crippen molar-refractivity contribution in [3.8, 4) is 0 Å². The number of piperazine rings is 1. The number of hydrogen-bond donors (Lipinski definition) is 0. The number of rotatable bonds is 2. The van der Waals surface area contributed by atoms with Crippen LogP contribution >= 0.6 is 11.3 Å². The molecule has 1 aromatic heterocycles. The summed E-state index contributed by atoms with van der Waals surface area (Å²) in [4.78, 5) is 32.6. The Morgan fingerprint density at radius 3 is 2.36 bits per heavy atom. The SMILES string of the molecule is CC(C)C(=O)N1CCN(C(=O)c2nc3ccccc3s2)CC1. The van der Waals surface area contributed by atoms with Crippen molar-refractivity contribution in [3.63, 3.8) is 0 Å². The highest BCUT2D eigenvalue weighted by Crippen LogP contribution is 2.23. The Morgan fingerprint density at radius 2 is 1.73 bits per heavy atom. The van der Waals surface area contributed by atoms with Gasteiger partial charge in [-0.05, 0) is 12.1 Å². The Labute approximate surface area is 133 Å². The zero-order chi connectivity index (χ0) is 15.7. The second kappa shape index (κ2) is 6.04. The highest BCUT2D eigenvalue weighted by molar-refractivity contribution is 7.20. The summed E-state index contributed by atoms with van der Waals surface area (Å²) in [6, 6.07) is 7.77. The Kier molecular flexibility index (Phi) is 4.11. The molecule has 2 amide bonds. The standard InChI is InChI=1S/C16H19N3O2S/c1-11(2)15(20)18-7-9-19(10-8-18)16(21)14-17-12-5-3-4-6-13(12)22-14/h3-6,11H,7-10H2,1-2H3. The molecule has 0 saturated carbocycles. The Balaban J connectivity index is 1.68. The molecular formula is C16H19N3O2S. The van der Waals surface area contributed by atoms with Crippen molar-refractivity contribution in [1.82, 2.24) is 14.8 Å². The van der Waals surface area contributed by atoms with Gasteiger partial charge in [-0.2, -0.15) is 0 Å². The minimum absolute atomic E-state index is 0.00603. The second-order valence-corrected chi connectivity index (χ2v) is 6.79. The van der Waals surface area contributed by atoms with Crippen molar-refractivity contribution < 1.29 is 9.59 Å². The van der Waals surface area contributed by atoms with Crippen LogP contribution in [0.2, 0.25) is 0 Å². The van der Waals surface area contributed by atoms with Crippen molar-refractivity contribution >= 4 is 33.4 Å². The van der Waals surface area contributed by atoms with Gasteiger partial charge in [0.05, 0.1) is 10.2 Å². The smallest absolute Gasteiger partial charge is 0.282 e. The van der Waals surface area contributed by atoms with Gasteiger partial charge >= 0.3 is 0 Å². The number of amides is 2. The molecule has 1 aliphatic heterocycles. The molecule has 0 bridgehead atoms. The molecule has 0 radical (unpaired) electrons. The molecule has 2 aromatic rings. The van der Waals surface area contributed by atoms with Gasteiger partial charge in [-0.25, -0.2) is 4.98 Å². The van der Waals surface area contributed by atoms with E-state index in [4.69, 9.17) is 0 Å². The number of aromatic nitrogens is 1. The van der Waals surface area contributed by atoms with Crippen molar-refractivity contribution in [2.24, 2.45) is 5.92 Å². The largest absolute Gasteiger partial charge is 0.339 e. The van der Waals surface area contributed by atoms with Crippen LogP contribution in [0.5, 0.6) is 0 Å². The van der Waals surface area contributed by atoms with Gasteiger partial charge in [0.15, 0.2) is 5.01 Å². The molecule has 2 heterocycles. The van der Waals surface area contributed by atoms with Crippen molar-refractivity contribution in [3.05, 3.63) is 29.3 Å². The summed E-state index contributed by atoms with van der Waals surface area (Å²) < 4.78 is 1.03. The molecule has 1 fully saturated rings. The summed E-state index contributed by atoms with van der Waals surface area (Å²) in [6.07, 6.45) is 0. The van der Waals surface area contributed by atoms with E-state index in [9.17, 15) is 9.59 Å². The first-order chi connectivity index (χ1) is 10.6. The molecule has 0 N–H and O–H groups in total. The van der Waals surface area contributed by atoms with Gasteiger partial charge in [-0.15, -0.1) is 11.3 Å². The van der Waals surface area contributed by atoms with E-state index in [1.807, 2.05) is 43.0 Å². The van der Waals surface area contributed by atoms with E-state index in [0.29, 0.717) is 31.2 Å². The summed E-state index contributed by atoms with van der Waals surface area (Å²) >= 11 is 1.43. The predicted molar refractivity (Wildman–Crippen MR) is 86.9 cm³/mol. The minimum Gasteiger partial charge on any atom is -0.339 e. The minimum atomic E-state index is -0.0298. The maximum Gasteiger partial charge on any atom is 0.282 e. The second-order valence-electron chi connectivity index (χ2n) is 5.76. The summed E-state index contributed by atoms with van der Waals surface area (Å²) in [6.45, 7) is 6.17. The highest BCUT2D eigenvalue weighted by Gasteiger charge is 2.27. The number of thiazole rings is 1. The van der Waals surface area contributed by atoms with E-state index in [-0.39, 0.29) is 17.7 Å². The van der Waals surface area contributed by atoms with E-state index in [2.05, 4.69) is 4.98 Å². The van der Waals surface area contributed by atoms with Crippen LogP contribution in [-0.4, -0.2) is 52.8 Å². The van der Waals surface area contributed by atoms with Gasteiger partial charge in [0.25, 0.3) is 5.91 Å². The van der Waals surface area contributed by atoms with Crippen LogP contribution in [0, 0.1) is 5.92 Å². The fourth-order valence-electron chi connectivity index (χ4n) is 2.59. The monoisotopic (exact) mass is 317 g/mol. The van der Waals surface area contributed by atoms with E-state index in [1.54, 1.807) is 4.90 Å². The average molecular weight is 317 g/mol. The van der Waals surface area contributed by atoms with Gasteiger partial charge in [0.2, 0.25) is 5.91 Å². The normalized spacial score (nSPS) is 15.6. The molecule has 0 unspecified atom stereocenters. The zero-order valence-corrected chi connectivity index (χ0v) is 13.6. The molecule has 1 aromatic carbocycles. The maximum atomic E-state index is 12.6. The first kappa shape index (κ1) is 15.0. The van der Waals surface area contributed by atoms with Crippen LogP contribution < -0.4 is 0 Å². The highest BCUT2D eigenvalue weighted by atomic mass is 32.1. The van der Waals surface area contributed by atoms with Gasteiger partial charge < -0.3 is 9.80 Å². The number of carbonyl (C=O) groups is 2. The van der Waals surface area contributed by atoms with Gasteiger partial charge in [0, 0.05) is 32.1 Å². The lowest BCUT2D eigenvalue weighted by atomic mass is 10.1. The Hall–Kier alpha value is -1.95. The van der Waals surface area contributed by atoms with Crippen LogP contribution in [0.1, 0.15) is 23.6 Å². The topological polar surface area (TPSA) is 53.5 Å². The third kappa shape index (κ3) is 2.83. The third-order valence-electron chi connectivity index (χ3n) is 3.85. The molecule has 22 heavy (non-hydrogen) atoms. The van der Waals surface area contributed by atoms with E-state index in [1.165, 1.54) is 11.3 Å². The summed E-state index contributed by atoms with van der Waals surface area (Å²) in [5, 5.41) is 0.532. The number of benzene rings is 1. The van der Waals surface area contributed by atoms with Gasteiger partial charge in [-0.3, -0.25) is 9.59 Å². The van der Waals surface area contributed by atoms with Crippen molar-refractivity contribution in [1.29, 1.82) is 0 Å². The van der Waals surface area contributed by atoms with E-state index >= 15 is 0 Å². The quantitative estimate of drug-likeness (QED) is 0.853. The van der Waals surface area contributed by atoms with Gasteiger partial charge in [0.1, 0.15) is 0 Å². The molecule has 0 spiro atoms. The first-order valence-electron chi connectivity index (χ1n) is 7.50. The lowest BCUT2D eigenvalue weighted by Crippen LogP contribution is -2.51.